The number of nitrogens with one attached hydrogen (secondary N) is 2. The first-order valence-electron chi connectivity index (χ1n) is 12.6. The van der Waals surface area contributed by atoms with Gasteiger partial charge >= 0.3 is 5.97 Å². The van der Waals surface area contributed by atoms with Crippen molar-refractivity contribution >= 4 is 52.9 Å². The van der Waals surface area contributed by atoms with Crippen LogP contribution in [0.1, 0.15) is 32.3 Å². The zero-order valence-corrected chi connectivity index (χ0v) is 25.4. The molecule has 0 amide bonds. The van der Waals surface area contributed by atoms with Gasteiger partial charge in [0.1, 0.15) is 9.07 Å². The van der Waals surface area contributed by atoms with Gasteiger partial charge < -0.3 is 10.2 Å². The number of hydrogen-bond donors (Lipinski definition) is 2. The summed E-state index contributed by atoms with van der Waals surface area (Å²) < 4.78 is 60.8. The number of hydrogen-bond acceptors (Lipinski definition) is 9. The van der Waals surface area contributed by atoms with E-state index in [1.54, 1.807) is 42.6 Å². The lowest BCUT2D eigenvalue weighted by Gasteiger charge is -2.21. The van der Waals surface area contributed by atoms with Gasteiger partial charge in [-0.2, -0.15) is 4.41 Å². The van der Waals surface area contributed by atoms with Gasteiger partial charge in [0.15, 0.2) is 0 Å². The van der Waals surface area contributed by atoms with E-state index in [4.69, 9.17) is 4.74 Å². The van der Waals surface area contributed by atoms with Crippen molar-refractivity contribution < 1.29 is 26.4 Å². The van der Waals surface area contributed by atoms with E-state index in [0.29, 0.717) is 27.4 Å². The summed E-state index contributed by atoms with van der Waals surface area (Å²) in [6.07, 6.45) is 1.94. The van der Waals surface area contributed by atoms with Gasteiger partial charge in [-0.15, -0.1) is 11.3 Å². The molecule has 2 aromatic carbocycles. The Kier molecular flexibility index (Phi) is 9.64. The third kappa shape index (κ3) is 6.73. The Labute approximate surface area is 242 Å². The first-order valence-corrected chi connectivity index (χ1v) is 17.8. The van der Waals surface area contributed by atoms with Crippen LogP contribution in [0, 0.1) is 0 Å². The van der Waals surface area contributed by atoms with E-state index in [1.807, 2.05) is 20.7 Å². The van der Waals surface area contributed by atoms with Crippen molar-refractivity contribution in [3.8, 4) is 11.1 Å². The Bertz CT molecular complexity index is 1630. The lowest BCUT2D eigenvalue weighted by molar-refractivity contribution is -0.134. The van der Waals surface area contributed by atoms with Crippen molar-refractivity contribution in [1.29, 1.82) is 0 Å². The minimum atomic E-state index is -4.41. The molecule has 0 radical (unpaired) electrons. The Morgan fingerprint density at radius 1 is 1.02 bits per heavy atom. The number of hydrazine groups is 1. The Morgan fingerprint density at radius 2 is 1.75 bits per heavy atom. The van der Waals surface area contributed by atoms with Crippen LogP contribution in [0.3, 0.4) is 0 Å². The maximum absolute atomic E-state index is 13.2. The first-order chi connectivity index (χ1) is 19.1. The molecule has 0 aliphatic carbocycles. The Hall–Kier alpha value is -2.81. The highest BCUT2D eigenvalue weighted by molar-refractivity contribution is 8.14. The maximum Gasteiger partial charge on any atom is 0.347 e. The van der Waals surface area contributed by atoms with Crippen LogP contribution in [0.2, 0.25) is 0 Å². The van der Waals surface area contributed by atoms with Crippen molar-refractivity contribution in [2.45, 2.75) is 41.5 Å². The predicted octanol–water partition coefficient (Wildman–Crippen LogP) is 4.64. The average Bonchev–Trinajstić information content (AvgIpc) is 3.57. The van der Waals surface area contributed by atoms with E-state index in [1.165, 1.54) is 18.2 Å². The fraction of sp³-hybridized carbons (Fsp3) is 0.259. The fourth-order valence-corrected chi connectivity index (χ4v) is 10.5. The van der Waals surface area contributed by atoms with E-state index < -0.39 is 30.7 Å². The molecule has 0 spiro atoms. The Morgan fingerprint density at radius 3 is 2.40 bits per heavy atom. The van der Waals surface area contributed by atoms with E-state index >= 15 is 0 Å². The molecule has 1 unspecified atom stereocenters. The number of rotatable bonds is 12. The summed E-state index contributed by atoms with van der Waals surface area (Å²) in [4.78, 5) is 13.1. The molecule has 214 valence electrons. The minimum absolute atomic E-state index is 0.0881. The zero-order valence-electron chi connectivity index (χ0n) is 22.1. The molecule has 1 aromatic heterocycles. The number of benzene rings is 2. The van der Waals surface area contributed by atoms with E-state index in [-0.39, 0.29) is 21.7 Å². The molecule has 1 atom stereocenters. The predicted molar refractivity (Wildman–Crippen MR) is 161 cm³/mol. The molecule has 0 saturated heterocycles. The second-order valence-electron chi connectivity index (χ2n) is 8.82. The van der Waals surface area contributed by atoms with Gasteiger partial charge in [0, 0.05) is 17.9 Å². The molecule has 40 heavy (non-hydrogen) atoms. The quantitative estimate of drug-likeness (QED) is 0.171. The largest absolute Gasteiger partial charge is 0.462 e. The highest BCUT2D eigenvalue weighted by Crippen LogP contribution is 2.35. The molecule has 13 heteroatoms. The van der Waals surface area contributed by atoms with Crippen LogP contribution >= 0.6 is 22.0 Å². The van der Waals surface area contributed by atoms with E-state index in [2.05, 4.69) is 18.9 Å². The van der Waals surface area contributed by atoms with E-state index in [0.717, 1.165) is 36.3 Å². The van der Waals surface area contributed by atoms with Crippen molar-refractivity contribution in [1.82, 2.24) is 14.0 Å². The van der Waals surface area contributed by atoms with Crippen LogP contribution in [-0.2, 0) is 35.3 Å². The summed E-state index contributed by atoms with van der Waals surface area (Å²) in [5.74, 6) is 0.146. The second-order valence-corrected chi connectivity index (χ2v) is 15.5. The molecule has 1 aliphatic rings. The molecule has 2 heterocycles. The molecule has 1 aliphatic heterocycles. The number of unbranched alkanes of at least 4 members (excludes halogenated alkanes) is 1. The summed E-state index contributed by atoms with van der Waals surface area (Å²) in [6, 6.07) is 16.5. The highest BCUT2D eigenvalue weighted by atomic mass is 32.3. The lowest BCUT2D eigenvalue weighted by Crippen LogP contribution is -2.30. The van der Waals surface area contributed by atoms with Crippen LogP contribution in [-0.4, -0.2) is 45.2 Å². The summed E-state index contributed by atoms with van der Waals surface area (Å²) in [5, 5.41) is 1.56. The van der Waals surface area contributed by atoms with Crippen molar-refractivity contribution in [3.63, 3.8) is 0 Å². The number of carbonyl (C=O) groups excluding carboxylic acids is 1. The van der Waals surface area contributed by atoms with Gasteiger partial charge in [-0.25, -0.2) is 21.6 Å². The van der Waals surface area contributed by atoms with Crippen LogP contribution < -0.4 is 9.55 Å². The third-order valence-electron chi connectivity index (χ3n) is 5.94. The zero-order chi connectivity index (χ0) is 28.9. The highest BCUT2D eigenvalue weighted by Gasteiger charge is 2.31. The number of carbonyl (C=O) groups is 1. The van der Waals surface area contributed by atoms with Gasteiger partial charge in [0.05, 0.1) is 17.2 Å². The molecule has 0 fully saturated rings. The summed E-state index contributed by atoms with van der Waals surface area (Å²) >= 11 is 0.931. The maximum atomic E-state index is 13.2. The molecule has 3 aromatic rings. The van der Waals surface area contributed by atoms with Crippen LogP contribution in [0.15, 0.2) is 87.4 Å². The van der Waals surface area contributed by atoms with E-state index in [9.17, 15) is 21.6 Å². The Balaban J connectivity index is 1.63. The van der Waals surface area contributed by atoms with Crippen molar-refractivity contribution in [2.24, 2.45) is 0 Å². The fourth-order valence-electron chi connectivity index (χ4n) is 4.07. The molecule has 4 rings (SSSR count). The number of sulfonamides is 2. The van der Waals surface area contributed by atoms with Gasteiger partial charge in [0.25, 0.3) is 20.0 Å². The van der Waals surface area contributed by atoms with Gasteiger partial charge in [0.2, 0.25) is 0 Å². The van der Waals surface area contributed by atoms with Crippen LogP contribution in [0.5, 0.6) is 0 Å². The smallest absolute Gasteiger partial charge is 0.347 e. The summed E-state index contributed by atoms with van der Waals surface area (Å²) in [7, 11) is -9.28. The van der Waals surface area contributed by atoms with Gasteiger partial charge in [-0.05, 0) is 42.0 Å². The number of thiophene rings is 1. The summed E-state index contributed by atoms with van der Waals surface area (Å²) in [6.45, 7) is 8.90. The van der Waals surface area contributed by atoms with Crippen LogP contribution in [0.25, 0.3) is 11.1 Å². The molecular weight excluding hydrogens is 591 g/mol. The number of nitrogens with zero attached hydrogens (tertiary/aromatic N) is 1. The second kappa shape index (κ2) is 12.8. The lowest BCUT2D eigenvalue weighted by atomic mass is 10.0. The molecule has 2 N–H and O–H groups in total. The molecule has 0 bridgehead atoms. The SMILES string of the molecule is C=C1NN(CCCC)S(Cc2ccc(-c3ccccc3S(=O)(=O)NS(=O)(=O)c3cccs3)cc2)=C1C(=O)OCC. The average molecular weight is 622 g/mol. The number of esters is 1. The molecular formula is C27H31N3O6S4. The third-order valence-corrected chi connectivity index (χ3v) is 13.2. The monoisotopic (exact) mass is 621 g/mol. The standard InChI is InChI=1S/C27H31N3O6S4/c1-4-6-17-30-28-20(3)26(27(31)36-5-2)38(30)19-21-13-15-22(16-14-21)23-10-7-8-11-24(23)39(32,33)29-40(34,35)25-12-9-18-37-25/h7-16,18,28-29H,3-6,17,19H2,1-2H3. The minimum Gasteiger partial charge on any atom is -0.462 e. The normalized spacial score (nSPS) is 16.2. The molecule has 0 saturated carbocycles. The molecule has 9 nitrogen and oxygen atoms in total. The first kappa shape index (κ1) is 30.2. The van der Waals surface area contributed by atoms with Crippen molar-refractivity contribution in [3.05, 3.63) is 83.9 Å². The van der Waals surface area contributed by atoms with Crippen LogP contribution in [0.4, 0.5) is 0 Å². The van der Waals surface area contributed by atoms with Gasteiger partial charge in [-0.3, -0.25) is 0 Å². The van der Waals surface area contributed by atoms with Gasteiger partial charge in [-0.1, -0.05) is 83.3 Å². The number of ether oxygens (including phenoxy) is 1. The topological polar surface area (TPSA) is 122 Å². The summed E-state index contributed by atoms with van der Waals surface area (Å²) in [5.41, 5.74) is 5.68. The van der Waals surface area contributed by atoms with Crippen molar-refractivity contribution in [2.75, 3.05) is 13.2 Å².